The number of alkyl halides is 1. The normalized spacial score (nSPS) is 11.8. The summed E-state index contributed by atoms with van der Waals surface area (Å²) < 4.78 is 4.84. The number of hydrogen-bond acceptors (Lipinski definition) is 3. The van der Waals surface area contributed by atoms with Crippen molar-refractivity contribution in [2.45, 2.75) is 24.6 Å². The second-order valence-corrected chi connectivity index (χ2v) is 5.58. The summed E-state index contributed by atoms with van der Waals surface area (Å²) in [5.41, 5.74) is 1.10. The van der Waals surface area contributed by atoms with Gasteiger partial charge in [-0.05, 0) is 18.9 Å². The Bertz CT molecular complexity index is 436. The summed E-state index contributed by atoms with van der Waals surface area (Å²) >= 11 is 3.41. The molecule has 0 bridgehead atoms. The van der Waals surface area contributed by atoms with Crippen LogP contribution in [0.1, 0.15) is 18.9 Å². The second kappa shape index (κ2) is 8.74. The Balaban J connectivity index is 2.41. The first-order chi connectivity index (χ1) is 9.54. The Kier molecular flexibility index (Phi) is 7.30. The molecule has 1 rings (SSSR count). The van der Waals surface area contributed by atoms with E-state index in [1.165, 1.54) is 0 Å². The summed E-state index contributed by atoms with van der Waals surface area (Å²) in [6.07, 6.45) is 0.852. The fourth-order valence-electron chi connectivity index (χ4n) is 1.75. The molecule has 1 amide bonds. The van der Waals surface area contributed by atoms with Crippen molar-refractivity contribution in [2.75, 3.05) is 20.2 Å². The molecule has 1 atom stereocenters. The highest BCUT2D eigenvalue weighted by atomic mass is 79.9. The minimum atomic E-state index is -0.280. The molecule has 5 heteroatoms. The van der Waals surface area contributed by atoms with Gasteiger partial charge in [0.15, 0.2) is 0 Å². The van der Waals surface area contributed by atoms with Crippen LogP contribution in [0.3, 0.4) is 0 Å². The number of rotatable bonds is 7. The van der Waals surface area contributed by atoms with Crippen LogP contribution >= 0.6 is 15.9 Å². The number of carbonyl (C=O) groups excluding carboxylic acids is 2. The first-order valence-electron chi connectivity index (χ1n) is 6.63. The Morgan fingerprint density at radius 2 is 1.95 bits per heavy atom. The van der Waals surface area contributed by atoms with Gasteiger partial charge in [0.25, 0.3) is 0 Å². The fourth-order valence-corrected chi connectivity index (χ4v) is 2.47. The van der Waals surface area contributed by atoms with Gasteiger partial charge in [0.05, 0.1) is 17.9 Å². The third kappa shape index (κ3) is 5.74. The lowest BCUT2D eigenvalue weighted by Gasteiger charge is -2.20. The van der Waals surface area contributed by atoms with Crippen LogP contribution in [0.4, 0.5) is 0 Å². The molecule has 0 aliphatic heterocycles. The maximum atomic E-state index is 12.1. The van der Waals surface area contributed by atoms with Crippen LogP contribution in [0.5, 0.6) is 0 Å². The Labute approximate surface area is 128 Å². The van der Waals surface area contributed by atoms with Crippen molar-refractivity contribution < 1.29 is 14.3 Å². The highest BCUT2D eigenvalue weighted by Gasteiger charge is 2.20. The van der Waals surface area contributed by atoms with Crippen LogP contribution in [0.2, 0.25) is 0 Å². The first-order valence-corrected chi connectivity index (χ1v) is 7.54. The molecular weight excluding hydrogens is 322 g/mol. The van der Waals surface area contributed by atoms with E-state index in [1.807, 2.05) is 30.3 Å². The summed E-state index contributed by atoms with van der Waals surface area (Å²) in [7, 11) is 1.70. The average Bonchev–Trinajstić information content (AvgIpc) is 2.45. The predicted octanol–water partition coefficient (Wildman–Crippen LogP) is 2.40. The van der Waals surface area contributed by atoms with Gasteiger partial charge in [-0.25, -0.2) is 0 Å². The lowest BCUT2D eigenvalue weighted by atomic mass is 10.1. The molecule has 0 aliphatic rings. The van der Waals surface area contributed by atoms with Crippen LogP contribution in [0.15, 0.2) is 30.3 Å². The first kappa shape index (κ1) is 16.7. The van der Waals surface area contributed by atoms with Crippen molar-refractivity contribution in [2.24, 2.45) is 0 Å². The van der Waals surface area contributed by atoms with Gasteiger partial charge in [-0.3, -0.25) is 9.59 Å². The van der Waals surface area contributed by atoms with Crippen LogP contribution in [-0.4, -0.2) is 41.8 Å². The lowest BCUT2D eigenvalue weighted by Crippen LogP contribution is -2.36. The smallest absolute Gasteiger partial charge is 0.307 e. The van der Waals surface area contributed by atoms with E-state index < -0.39 is 0 Å². The topological polar surface area (TPSA) is 46.6 Å². The molecule has 4 nitrogen and oxygen atoms in total. The molecule has 0 aromatic heterocycles. The Hall–Kier alpha value is -1.36. The highest BCUT2D eigenvalue weighted by molar-refractivity contribution is 9.10. The van der Waals surface area contributed by atoms with Gasteiger partial charge in [-0.15, -0.1) is 0 Å². The quantitative estimate of drug-likeness (QED) is 0.565. The number of amides is 1. The monoisotopic (exact) mass is 341 g/mol. The zero-order valence-electron chi connectivity index (χ0n) is 11.8. The maximum Gasteiger partial charge on any atom is 0.307 e. The standard InChI is InChI=1S/C15H20BrNO3/c1-3-20-14(18)9-10-17(2)15(19)13(16)11-12-7-5-4-6-8-12/h4-8,13H,3,9-11H2,1-2H3. The summed E-state index contributed by atoms with van der Waals surface area (Å²) in [5.74, 6) is -0.306. The van der Waals surface area contributed by atoms with Gasteiger partial charge in [0, 0.05) is 13.6 Å². The number of hydrogen-bond donors (Lipinski definition) is 0. The van der Waals surface area contributed by atoms with Crippen molar-refractivity contribution in [1.29, 1.82) is 0 Å². The van der Waals surface area contributed by atoms with Gasteiger partial charge in [-0.2, -0.15) is 0 Å². The molecule has 20 heavy (non-hydrogen) atoms. The molecule has 1 aromatic carbocycles. The van der Waals surface area contributed by atoms with Crippen LogP contribution < -0.4 is 0 Å². The number of benzene rings is 1. The van der Waals surface area contributed by atoms with E-state index >= 15 is 0 Å². The zero-order chi connectivity index (χ0) is 15.0. The third-order valence-corrected chi connectivity index (χ3v) is 3.57. The molecule has 0 fully saturated rings. The average molecular weight is 342 g/mol. The van der Waals surface area contributed by atoms with Crippen molar-refractivity contribution in [3.63, 3.8) is 0 Å². The van der Waals surface area contributed by atoms with Crippen molar-refractivity contribution in [3.05, 3.63) is 35.9 Å². The molecule has 0 radical (unpaired) electrons. The van der Waals surface area contributed by atoms with E-state index in [-0.39, 0.29) is 23.1 Å². The van der Waals surface area contributed by atoms with Gasteiger partial charge in [0.2, 0.25) is 5.91 Å². The minimum absolute atomic E-state index is 0.0295. The molecule has 0 spiro atoms. The molecule has 0 saturated carbocycles. The maximum absolute atomic E-state index is 12.1. The minimum Gasteiger partial charge on any atom is -0.466 e. The second-order valence-electron chi connectivity index (χ2n) is 4.47. The van der Waals surface area contributed by atoms with E-state index in [1.54, 1.807) is 18.9 Å². The van der Waals surface area contributed by atoms with Gasteiger partial charge in [-0.1, -0.05) is 46.3 Å². The van der Waals surface area contributed by atoms with Gasteiger partial charge < -0.3 is 9.64 Å². The lowest BCUT2D eigenvalue weighted by molar-refractivity contribution is -0.143. The van der Waals surface area contributed by atoms with Crippen LogP contribution in [0.25, 0.3) is 0 Å². The SMILES string of the molecule is CCOC(=O)CCN(C)C(=O)C(Br)Cc1ccccc1. The number of nitrogens with zero attached hydrogens (tertiary/aromatic N) is 1. The Morgan fingerprint density at radius 1 is 1.30 bits per heavy atom. The summed E-state index contributed by atoms with van der Waals surface area (Å²) in [4.78, 5) is 24.7. The molecule has 0 N–H and O–H groups in total. The van der Waals surface area contributed by atoms with Gasteiger partial charge in [0.1, 0.15) is 0 Å². The van der Waals surface area contributed by atoms with E-state index in [4.69, 9.17) is 4.74 Å². The van der Waals surface area contributed by atoms with Crippen molar-refractivity contribution in [3.8, 4) is 0 Å². The number of carbonyl (C=O) groups is 2. The molecule has 1 aromatic rings. The highest BCUT2D eigenvalue weighted by Crippen LogP contribution is 2.12. The van der Waals surface area contributed by atoms with Gasteiger partial charge >= 0.3 is 5.97 Å². The molecule has 0 heterocycles. The molecule has 110 valence electrons. The van der Waals surface area contributed by atoms with Crippen LogP contribution in [0, 0.1) is 0 Å². The van der Waals surface area contributed by atoms with E-state index in [0.29, 0.717) is 19.6 Å². The fraction of sp³-hybridized carbons (Fsp3) is 0.467. The van der Waals surface area contributed by atoms with E-state index in [2.05, 4.69) is 15.9 Å². The van der Waals surface area contributed by atoms with Crippen LogP contribution in [-0.2, 0) is 20.7 Å². The molecule has 1 unspecified atom stereocenters. The molecule has 0 aliphatic carbocycles. The predicted molar refractivity (Wildman–Crippen MR) is 81.7 cm³/mol. The van der Waals surface area contributed by atoms with E-state index in [9.17, 15) is 9.59 Å². The summed E-state index contributed by atoms with van der Waals surface area (Å²) in [6, 6.07) is 9.81. The van der Waals surface area contributed by atoms with Crippen molar-refractivity contribution >= 4 is 27.8 Å². The van der Waals surface area contributed by atoms with Crippen molar-refractivity contribution in [1.82, 2.24) is 4.90 Å². The van der Waals surface area contributed by atoms with E-state index in [0.717, 1.165) is 5.56 Å². The third-order valence-electron chi connectivity index (χ3n) is 2.86. The zero-order valence-corrected chi connectivity index (χ0v) is 13.4. The summed E-state index contributed by atoms with van der Waals surface area (Å²) in [6.45, 7) is 2.50. The molecular formula is C15H20BrNO3. The number of esters is 1. The number of halogens is 1. The number of ether oxygens (including phenoxy) is 1. The Morgan fingerprint density at radius 3 is 2.55 bits per heavy atom. The molecule has 0 saturated heterocycles. The largest absolute Gasteiger partial charge is 0.466 e. The summed E-state index contributed by atoms with van der Waals surface area (Å²) in [5, 5.41) is 0.